The van der Waals surface area contributed by atoms with Gasteiger partial charge in [-0.3, -0.25) is 4.98 Å². The lowest BCUT2D eigenvalue weighted by molar-refractivity contribution is -0.137. The Balaban J connectivity index is 2.53. The molecule has 0 aliphatic carbocycles. The molecule has 0 aliphatic heterocycles. The molecule has 108 valence electrons. The van der Waals surface area contributed by atoms with Crippen molar-refractivity contribution in [2.75, 3.05) is 0 Å². The standard InChI is InChI=1S/C15H17F3N2/c1-9-6-11(8-14(2,3)19)20-13-5-4-10(7-12(9)13)15(16,17)18/h4-7H,8,19H2,1-3H3. The Morgan fingerprint density at radius 1 is 1.15 bits per heavy atom. The van der Waals surface area contributed by atoms with Gasteiger partial charge in [-0.15, -0.1) is 0 Å². The molecular weight excluding hydrogens is 265 g/mol. The van der Waals surface area contributed by atoms with Crippen LogP contribution in [-0.2, 0) is 12.6 Å². The van der Waals surface area contributed by atoms with Gasteiger partial charge in [0.05, 0.1) is 11.1 Å². The van der Waals surface area contributed by atoms with Crippen molar-refractivity contribution in [3.05, 3.63) is 41.1 Å². The number of fused-ring (bicyclic) bond motifs is 1. The molecule has 20 heavy (non-hydrogen) atoms. The normalized spacial score (nSPS) is 12.9. The summed E-state index contributed by atoms with van der Waals surface area (Å²) in [5.74, 6) is 0. The zero-order chi connectivity index (χ0) is 15.1. The number of hydrogen-bond acceptors (Lipinski definition) is 2. The third-order valence-electron chi connectivity index (χ3n) is 3.03. The van der Waals surface area contributed by atoms with E-state index in [1.165, 1.54) is 6.07 Å². The SMILES string of the molecule is Cc1cc(CC(C)(C)N)nc2ccc(C(F)(F)F)cc12. The first kappa shape index (κ1) is 14.8. The molecule has 0 spiro atoms. The number of halogens is 3. The molecule has 2 aromatic rings. The first-order valence-corrected chi connectivity index (χ1v) is 6.33. The summed E-state index contributed by atoms with van der Waals surface area (Å²) in [6.45, 7) is 5.57. The van der Waals surface area contributed by atoms with Crippen molar-refractivity contribution in [1.29, 1.82) is 0 Å². The van der Waals surface area contributed by atoms with E-state index in [9.17, 15) is 13.2 Å². The van der Waals surface area contributed by atoms with Crippen LogP contribution in [0.4, 0.5) is 13.2 Å². The Kier molecular flexibility index (Phi) is 3.50. The van der Waals surface area contributed by atoms with E-state index in [1.807, 2.05) is 13.8 Å². The van der Waals surface area contributed by atoms with Crippen molar-refractivity contribution in [1.82, 2.24) is 4.98 Å². The van der Waals surface area contributed by atoms with Gasteiger partial charge in [0.15, 0.2) is 0 Å². The molecule has 0 aliphatic rings. The van der Waals surface area contributed by atoms with Crippen LogP contribution in [0.15, 0.2) is 24.3 Å². The molecule has 1 aromatic carbocycles. The van der Waals surface area contributed by atoms with Gasteiger partial charge in [-0.25, -0.2) is 0 Å². The minimum atomic E-state index is -4.33. The number of benzene rings is 1. The molecule has 1 heterocycles. The van der Waals surface area contributed by atoms with E-state index < -0.39 is 17.3 Å². The fourth-order valence-electron chi connectivity index (χ4n) is 2.20. The number of rotatable bonds is 2. The first-order valence-electron chi connectivity index (χ1n) is 6.33. The number of aryl methyl sites for hydroxylation is 1. The second-order valence-electron chi connectivity index (χ2n) is 5.83. The van der Waals surface area contributed by atoms with Crippen LogP contribution < -0.4 is 5.73 Å². The highest BCUT2D eigenvalue weighted by Crippen LogP contribution is 2.32. The lowest BCUT2D eigenvalue weighted by Crippen LogP contribution is -2.34. The minimum Gasteiger partial charge on any atom is -0.325 e. The number of alkyl halides is 3. The van der Waals surface area contributed by atoms with Gasteiger partial charge < -0.3 is 5.73 Å². The number of nitrogens with two attached hydrogens (primary N) is 1. The van der Waals surface area contributed by atoms with Crippen LogP contribution in [0.1, 0.15) is 30.7 Å². The maximum Gasteiger partial charge on any atom is 0.416 e. The molecule has 2 rings (SSSR count). The molecule has 1 aromatic heterocycles. The van der Waals surface area contributed by atoms with E-state index in [4.69, 9.17) is 5.73 Å². The van der Waals surface area contributed by atoms with Gasteiger partial charge >= 0.3 is 6.18 Å². The van der Waals surface area contributed by atoms with E-state index in [2.05, 4.69) is 4.98 Å². The summed E-state index contributed by atoms with van der Waals surface area (Å²) in [6, 6.07) is 5.43. The minimum absolute atomic E-state index is 0.404. The smallest absolute Gasteiger partial charge is 0.325 e. The van der Waals surface area contributed by atoms with Crippen molar-refractivity contribution in [3.63, 3.8) is 0 Å². The summed E-state index contributed by atoms with van der Waals surface area (Å²) in [7, 11) is 0. The Labute approximate surface area is 115 Å². The van der Waals surface area contributed by atoms with E-state index in [1.54, 1.807) is 13.0 Å². The van der Waals surface area contributed by atoms with Gasteiger partial charge in [-0.2, -0.15) is 13.2 Å². The largest absolute Gasteiger partial charge is 0.416 e. The first-order chi connectivity index (χ1) is 9.06. The third-order valence-corrected chi connectivity index (χ3v) is 3.03. The van der Waals surface area contributed by atoms with Gasteiger partial charge in [0.2, 0.25) is 0 Å². The van der Waals surface area contributed by atoms with Gasteiger partial charge in [0, 0.05) is 23.0 Å². The van der Waals surface area contributed by atoms with Crippen LogP contribution in [0.3, 0.4) is 0 Å². The molecule has 5 heteroatoms. The lowest BCUT2D eigenvalue weighted by atomic mass is 9.97. The van der Waals surface area contributed by atoms with Gasteiger partial charge in [-0.1, -0.05) is 0 Å². The lowest BCUT2D eigenvalue weighted by Gasteiger charge is -2.18. The molecule has 0 unspecified atom stereocenters. The van der Waals surface area contributed by atoms with Crippen LogP contribution in [0, 0.1) is 6.92 Å². The second kappa shape index (κ2) is 4.74. The van der Waals surface area contributed by atoms with E-state index in [0.717, 1.165) is 23.4 Å². The number of pyridine rings is 1. The summed E-state index contributed by atoms with van der Waals surface area (Å²) < 4.78 is 38.1. The molecule has 0 atom stereocenters. The van der Waals surface area contributed by atoms with Gasteiger partial charge in [0.25, 0.3) is 0 Å². The molecule has 2 N–H and O–H groups in total. The van der Waals surface area contributed by atoms with Crippen molar-refractivity contribution in [3.8, 4) is 0 Å². The number of nitrogens with zero attached hydrogens (tertiary/aromatic N) is 1. The highest BCUT2D eigenvalue weighted by Gasteiger charge is 2.30. The third kappa shape index (κ3) is 3.28. The average molecular weight is 282 g/mol. The zero-order valence-corrected chi connectivity index (χ0v) is 11.7. The van der Waals surface area contributed by atoms with Crippen LogP contribution in [0.25, 0.3) is 10.9 Å². The predicted molar refractivity (Wildman–Crippen MR) is 73.5 cm³/mol. The molecule has 0 radical (unpaired) electrons. The Morgan fingerprint density at radius 2 is 1.80 bits per heavy atom. The van der Waals surface area contributed by atoms with Crippen LogP contribution in [0.5, 0.6) is 0 Å². The van der Waals surface area contributed by atoms with Crippen LogP contribution in [0.2, 0.25) is 0 Å². The Bertz CT molecular complexity index is 640. The molecule has 0 saturated heterocycles. The Hall–Kier alpha value is -1.62. The summed E-state index contributed by atoms with van der Waals surface area (Å²) in [4.78, 5) is 4.40. The van der Waals surface area contributed by atoms with Gasteiger partial charge in [0.1, 0.15) is 0 Å². The quantitative estimate of drug-likeness (QED) is 0.909. The maximum absolute atomic E-state index is 12.7. The molecular formula is C15H17F3N2. The summed E-state index contributed by atoms with van der Waals surface area (Å²) >= 11 is 0. The number of hydrogen-bond donors (Lipinski definition) is 1. The average Bonchev–Trinajstić information content (AvgIpc) is 2.24. The molecule has 2 nitrogen and oxygen atoms in total. The van der Waals surface area contributed by atoms with Crippen molar-refractivity contribution < 1.29 is 13.2 Å². The van der Waals surface area contributed by atoms with Crippen molar-refractivity contribution in [2.45, 2.75) is 38.9 Å². The van der Waals surface area contributed by atoms with E-state index in [0.29, 0.717) is 17.3 Å². The van der Waals surface area contributed by atoms with E-state index in [-0.39, 0.29) is 0 Å². The zero-order valence-electron chi connectivity index (χ0n) is 11.7. The van der Waals surface area contributed by atoms with Crippen molar-refractivity contribution in [2.24, 2.45) is 5.73 Å². The fourth-order valence-corrected chi connectivity index (χ4v) is 2.20. The number of aromatic nitrogens is 1. The maximum atomic E-state index is 12.7. The summed E-state index contributed by atoms with van der Waals surface area (Å²) in [5, 5.41) is 0.526. The molecule has 0 fully saturated rings. The monoisotopic (exact) mass is 282 g/mol. The molecule has 0 amide bonds. The molecule has 0 saturated carbocycles. The second-order valence-corrected chi connectivity index (χ2v) is 5.83. The highest BCUT2D eigenvalue weighted by atomic mass is 19.4. The predicted octanol–water partition coefficient (Wildman–Crippen LogP) is 3.84. The topological polar surface area (TPSA) is 38.9 Å². The van der Waals surface area contributed by atoms with Gasteiger partial charge in [-0.05, 0) is 50.6 Å². The highest BCUT2D eigenvalue weighted by molar-refractivity contribution is 5.83. The summed E-state index contributed by atoms with van der Waals surface area (Å²) in [5.41, 5.74) is 7.04. The fraction of sp³-hybridized carbons (Fsp3) is 0.400. The summed E-state index contributed by atoms with van der Waals surface area (Å²) in [6.07, 6.45) is -3.76. The van der Waals surface area contributed by atoms with E-state index >= 15 is 0 Å². The molecule has 0 bridgehead atoms. The van der Waals surface area contributed by atoms with Crippen molar-refractivity contribution >= 4 is 10.9 Å². The van der Waals surface area contributed by atoms with Crippen LogP contribution >= 0.6 is 0 Å². The Morgan fingerprint density at radius 3 is 2.35 bits per heavy atom. The van der Waals surface area contributed by atoms with Crippen LogP contribution in [-0.4, -0.2) is 10.5 Å².